The van der Waals surface area contributed by atoms with Gasteiger partial charge in [-0.1, -0.05) is 6.08 Å². The molecule has 1 aliphatic heterocycles. The molecule has 1 unspecified atom stereocenters. The lowest BCUT2D eigenvalue weighted by molar-refractivity contribution is 0.141. The average Bonchev–Trinajstić information content (AvgIpc) is 2.63. The molecule has 1 fully saturated rings. The van der Waals surface area contributed by atoms with E-state index >= 15 is 0 Å². The van der Waals surface area contributed by atoms with Crippen molar-refractivity contribution < 1.29 is 9.47 Å². The molecule has 1 rings (SSSR count). The minimum Gasteiger partial charge on any atom is -0.375 e. The van der Waals surface area contributed by atoms with Crippen molar-refractivity contribution in [3.05, 3.63) is 11.8 Å². The second-order valence-corrected chi connectivity index (χ2v) is 2.73. The molecule has 0 amide bonds. The molecular formula is C6H12O2Si. The van der Waals surface area contributed by atoms with E-state index < -0.39 is 0 Å². The van der Waals surface area contributed by atoms with E-state index in [1.54, 1.807) is 0 Å². The van der Waals surface area contributed by atoms with Crippen molar-refractivity contribution in [3.63, 3.8) is 0 Å². The maximum atomic E-state index is 5.21. The van der Waals surface area contributed by atoms with Gasteiger partial charge in [0.2, 0.25) is 0 Å². The van der Waals surface area contributed by atoms with Crippen molar-refractivity contribution in [1.82, 2.24) is 0 Å². The summed E-state index contributed by atoms with van der Waals surface area (Å²) in [5, 5.41) is 0. The van der Waals surface area contributed by atoms with E-state index in [0.717, 1.165) is 30.1 Å². The third kappa shape index (κ3) is 3.45. The largest absolute Gasteiger partial charge is 0.375 e. The zero-order chi connectivity index (χ0) is 6.53. The molecule has 0 aliphatic carbocycles. The van der Waals surface area contributed by atoms with E-state index in [-0.39, 0.29) is 0 Å². The van der Waals surface area contributed by atoms with Gasteiger partial charge in [0, 0.05) is 10.2 Å². The van der Waals surface area contributed by atoms with Crippen molar-refractivity contribution in [2.75, 3.05) is 19.8 Å². The molecule has 0 N–H and O–H groups in total. The van der Waals surface area contributed by atoms with E-state index in [1.165, 1.54) is 0 Å². The van der Waals surface area contributed by atoms with E-state index in [0.29, 0.717) is 6.10 Å². The summed E-state index contributed by atoms with van der Waals surface area (Å²) in [6.45, 7) is 2.42. The first-order valence-electron chi connectivity index (χ1n) is 3.24. The molecule has 1 atom stereocenters. The van der Waals surface area contributed by atoms with Gasteiger partial charge in [-0.25, -0.2) is 0 Å². The van der Waals surface area contributed by atoms with Crippen molar-refractivity contribution in [2.45, 2.75) is 6.10 Å². The van der Waals surface area contributed by atoms with Gasteiger partial charge in [-0.05, 0) is 0 Å². The van der Waals surface area contributed by atoms with Crippen molar-refractivity contribution in [1.29, 1.82) is 0 Å². The Morgan fingerprint density at radius 2 is 2.56 bits per heavy atom. The molecule has 0 radical (unpaired) electrons. The van der Waals surface area contributed by atoms with Crippen molar-refractivity contribution >= 4 is 10.2 Å². The Bertz CT molecular complexity index is 99.2. The molecule has 1 heterocycles. The van der Waals surface area contributed by atoms with Crippen LogP contribution in [-0.2, 0) is 9.47 Å². The molecule has 0 aromatic carbocycles. The summed E-state index contributed by atoms with van der Waals surface area (Å²) in [5.41, 5.74) is 2.12. The highest BCUT2D eigenvalue weighted by atomic mass is 28.1. The van der Waals surface area contributed by atoms with Gasteiger partial charge in [-0.15, -0.1) is 5.70 Å². The molecule has 0 aromatic heterocycles. The third-order valence-electron chi connectivity index (χ3n) is 1.16. The van der Waals surface area contributed by atoms with Crippen LogP contribution in [0.15, 0.2) is 11.8 Å². The maximum Gasteiger partial charge on any atom is 0.104 e. The molecule has 2 nitrogen and oxygen atoms in total. The molecule has 1 aliphatic rings. The van der Waals surface area contributed by atoms with Crippen LogP contribution in [-0.4, -0.2) is 36.2 Å². The number of ether oxygens (including phenoxy) is 2. The van der Waals surface area contributed by atoms with Crippen molar-refractivity contribution in [3.8, 4) is 0 Å². The van der Waals surface area contributed by atoms with E-state index in [1.807, 2.05) is 0 Å². The molecule has 1 saturated heterocycles. The van der Waals surface area contributed by atoms with Crippen LogP contribution in [0.25, 0.3) is 0 Å². The summed E-state index contributed by atoms with van der Waals surface area (Å²) >= 11 is 0. The van der Waals surface area contributed by atoms with Crippen LogP contribution in [0.4, 0.5) is 0 Å². The van der Waals surface area contributed by atoms with Crippen LogP contribution in [0, 0.1) is 0 Å². The summed E-state index contributed by atoms with van der Waals surface area (Å²) < 4.78 is 10.2. The fourth-order valence-electron chi connectivity index (χ4n) is 0.528. The minimum atomic E-state index is 0.410. The Kier molecular flexibility index (Phi) is 2.97. The smallest absolute Gasteiger partial charge is 0.104 e. The monoisotopic (exact) mass is 144 g/mol. The van der Waals surface area contributed by atoms with Crippen LogP contribution in [0.5, 0.6) is 0 Å². The molecule has 0 aromatic rings. The molecule has 9 heavy (non-hydrogen) atoms. The van der Waals surface area contributed by atoms with Gasteiger partial charge in [-0.2, -0.15) is 0 Å². The molecule has 0 spiro atoms. The maximum absolute atomic E-state index is 5.21. The van der Waals surface area contributed by atoms with Crippen molar-refractivity contribution in [2.24, 2.45) is 0 Å². The lowest BCUT2D eigenvalue weighted by Gasteiger charge is -1.93. The fraction of sp³-hybridized carbons (Fsp3) is 0.667. The topological polar surface area (TPSA) is 21.8 Å². The number of epoxide rings is 1. The minimum absolute atomic E-state index is 0.410. The summed E-state index contributed by atoms with van der Waals surface area (Å²) in [6, 6.07) is 0. The third-order valence-corrected chi connectivity index (χ3v) is 1.63. The molecule has 3 heteroatoms. The standard InChI is InChI=1S/C6H12O2Si/c9-3-1-2-7-4-6-5-8-6/h1,3,6H,2,4-5H2,9H3/b3-1+. The SMILES string of the molecule is [SiH3]/C=C/COCC1CO1. The van der Waals surface area contributed by atoms with Gasteiger partial charge in [0.05, 0.1) is 19.8 Å². The number of hydrogen-bond donors (Lipinski definition) is 0. The predicted molar refractivity (Wildman–Crippen MR) is 39.6 cm³/mol. The number of rotatable bonds is 4. The second kappa shape index (κ2) is 3.82. The van der Waals surface area contributed by atoms with Gasteiger partial charge in [0.1, 0.15) is 6.10 Å². The van der Waals surface area contributed by atoms with E-state index in [2.05, 4.69) is 11.8 Å². The van der Waals surface area contributed by atoms with Crippen LogP contribution >= 0.6 is 0 Å². The van der Waals surface area contributed by atoms with Crippen LogP contribution < -0.4 is 0 Å². The summed E-state index contributed by atoms with van der Waals surface area (Å²) in [4.78, 5) is 0. The van der Waals surface area contributed by atoms with Gasteiger partial charge in [0.25, 0.3) is 0 Å². The van der Waals surface area contributed by atoms with Gasteiger partial charge in [-0.3, -0.25) is 0 Å². The summed E-state index contributed by atoms with van der Waals surface area (Å²) in [7, 11) is 1.13. The zero-order valence-electron chi connectivity index (χ0n) is 5.67. The lowest BCUT2D eigenvalue weighted by Crippen LogP contribution is -2.00. The normalized spacial score (nSPS) is 25.6. The molecule has 0 saturated carbocycles. The Hall–Kier alpha value is -0.123. The summed E-state index contributed by atoms with van der Waals surface area (Å²) in [6.07, 6.45) is 2.46. The quantitative estimate of drug-likeness (QED) is 0.295. The Morgan fingerprint density at radius 1 is 1.78 bits per heavy atom. The molecule has 52 valence electrons. The molecule has 0 bridgehead atoms. The first-order valence-corrected chi connectivity index (χ1v) is 4.39. The van der Waals surface area contributed by atoms with Gasteiger partial charge < -0.3 is 9.47 Å². The second-order valence-electron chi connectivity index (χ2n) is 2.06. The fourth-order valence-corrected chi connectivity index (χ4v) is 0.720. The Labute approximate surface area is 58.3 Å². The molecular weight excluding hydrogens is 132 g/mol. The zero-order valence-corrected chi connectivity index (χ0v) is 7.67. The van der Waals surface area contributed by atoms with Gasteiger partial charge >= 0.3 is 0 Å². The van der Waals surface area contributed by atoms with Crippen LogP contribution in [0.3, 0.4) is 0 Å². The highest BCUT2D eigenvalue weighted by Crippen LogP contribution is 2.07. The summed E-state index contributed by atoms with van der Waals surface area (Å²) in [5.74, 6) is 0. The first-order chi connectivity index (χ1) is 4.43. The average molecular weight is 144 g/mol. The Morgan fingerprint density at radius 3 is 3.11 bits per heavy atom. The van der Waals surface area contributed by atoms with Crippen LogP contribution in [0.2, 0.25) is 0 Å². The Balaban J connectivity index is 1.81. The van der Waals surface area contributed by atoms with Crippen LogP contribution in [0.1, 0.15) is 0 Å². The van der Waals surface area contributed by atoms with Gasteiger partial charge in [0.15, 0.2) is 0 Å². The first kappa shape index (κ1) is 6.99. The highest BCUT2D eigenvalue weighted by Gasteiger charge is 2.21. The predicted octanol–water partition coefficient (Wildman–Crippen LogP) is -0.719. The number of hydrogen-bond acceptors (Lipinski definition) is 2. The highest BCUT2D eigenvalue weighted by molar-refractivity contribution is 6.16. The van der Waals surface area contributed by atoms with E-state index in [4.69, 9.17) is 9.47 Å². The lowest BCUT2D eigenvalue weighted by atomic mass is 10.5. The van der Waals surface area contributed by atoms with E-state index in [9.17, 15) is 0 Å².